The summed E-state index contributed by atoms with van der Waals surface area (Å²) in [4.78, 5) is 20.9. The summed E-state index contributed by atoms with van der Waals surface area (Å²) in [6, 6.07) is 16.8. The van der Waals surface area contributed by atoms with Crippen molar-refractivity contribution in [1.29, 1.82) is 0 Å². The minimum Gasteiger partial charge on any atom is -0.491 e. The van der Waals surface area contributed by atoms with E-state index in [-0.39, 0.29) is 5.56 Å². The van der Waals surface area contributed by atoms with Crippen molar-refractivity contribution in [1.82, 2.24) is 19.6 Å². The fourth-order valence-corrected chi connectivity index (χ4v) is 3.62. The molecule has 0 saturated heterocycles. The fraction of sp³-hybridized carbons (Fsp3) is 0.150. The number of halogens is 1. The molecule has 2 heterocycles. The maximum absolute atomic E-state index is 11.8. The van der Waals surface area contributed by atoms with Gasteiger partial charge in [-0.2, -0.15) is 0 Å². The van der Waals surface area contributed by atoms with Gasteiger partial charge in [-0.1, -0.05) is 65.3 Å². The van der Waals surface area contributed by atoms with Crippen molar-refractivity contribution in [3.8, 4) is 17.1 Å². The van der Waals surface area contributed by atoms with E-state index in [0.717, 1.165) is 11.1 Å². The van der Waals surface area contributed by atoms with Gasteiger partial charge in [0, 0.05) is 17.4 Å². The topological polar surface area (TPSA) is 72.3 Å². The predicted octanol–water partition coefficient (Wildman–Crippen LogP) is 4.22. The third-order valence-electron chi connectivity index (χ3n) is 4.04. The molecular formula is C20H17ClN4O2S. The Hall–Kier alpha value is -2.77. The van der Waals surface area contributed by atoms with Gasteiger partial charge >= 0.3 is 0 Å². The molecule has 0 saturated carbocycles. The molecule has 0 bridgehead atoms. The van der Waals surface area contributed by atoms with Gasteiger partial charge in [0.15, 0.2) is 16.6 Å². The number of hydrogen-bond donors (Lipinski definition) is 1. The zero-order chi connectivity index (χ0) is 19.5. The van der Waals surface area contributed by atoms with Crippen LogP contribution in [0.15, 0.2) is 64.5 Å². The first-order valence-electron chi connectivity index (χ1n) is 8.67. The van der Waals surface area contributed by atoms with E-state index in [1.54, 1.807) is 10.6 Å². The van der Waals surface area contributed by atoms with Gasteiger partial charge in [0.25, 0.3) is 5.56 Å². The maximum atomic E-state index is 11.8. The van der Waals surface area contributed by atoms with Crippen LogP contribution in [0.1, 0.15) is 5.56 Å². The van der Waals surface area contributed by atoms with Crippen molar-refractivity contribution in [3.05, 3.63) is 75.5 Å². The molecule has 0 aliphatic rings. The summed E-state index contributed by atoms with van der Waals surface area (Å²) in [6.45, 7) is 2.48. The van der Waals surface area contributed by atoms with Gasteiger partial charge in [0.1, 0.15) is 5.75 Å². The molecule has 2 aromatic heterocycles. The van der Waals surface area contributed by atoms with Gasteiger partial charge < -0.3 is 4.74 Å². The molecule has 0 fully saturated rings. The fourth-order valence-electron chi connectivity index (χ4n) is 2.66. The highest BCUT2D eigenvalue weighted by Crippen LogP contribution is 2.25. The number of para-hydroxylation sites is 1. The van der Waals surface area contributed by atoms with Crippen molar-refractivity contribution in [2.45, 2.75) is 12.1 Å². The number of rotatable bonds is 6. The van der Waals surface area contributed by atoms with Crippen molar-refractivity contribution in [2.24, 2.45) is 0 Å². The van der Waals surface area contributed by atoms with Crippen LogP contribution in [0.25, 0.3) is 17.0 Å². The van der Waals surface area contributed by atoms with E-state index in [1.165, 1.54) is 17.8 Å². The lowest BCUT2D eigenvalue weighted by Crippen LogP contribution is -2.07. The van der Waals surface area contributed by atoms with Crippen LogP contribution >= 0.6 is 23.4 Å². The normalized spacial score (nSPS) is 11.1. The molecule has 0 atom stereocenters. The third kappa shape index (κ3) is 4.05. The molecule has 4 rings (SSSR count). The molecule has 0 aliphatic carbocycles. The first-order valence-corrected chi connectivity index (χ1v) is 10.0. The first kappa shape index (κ1) is 18.6. The van der Waals surface area contributed by atoms with Gasteiger partial charge in [0.2, 0.25) is 0 Å². The second kappa shape index (κ2) is 8.08. The lowest BCUT2D eigenvalue weighted by Gasteiger charge is -2.09. The summed E-state index contributed by atoms with van der Waals surface area (Å²) >= 11 is 7.58. The number of benzene rings is 2. The Morgan fingerprint density at radius 1 is 1.14 bits per heavy atom. The molecule has 1 N–H and O–H groups in total. The lowest BCUT2D eigenvalue weighted by molar-refractivity contribution is 0.344. The number of nitrogens with zero attached hydrogens (tertiary/aromatic N) is 3. The van der Waals surface area contributed by atoms with Crippen LogP contribution in [0.3, 0.4) is 0 Å². The summed E-state index contributed by atoms with van der Waals surface area (Å²) in [5, 5.41) is 3.96. The molecule has 2 aromatic carbocycles. The van der Waals surface area contributed by atoms with Crippen molar-refractivity contribution in [2.75, 3.05) is 12.4 Å². The zero-order valence-corrected chi connectivity index (χ0v) is 16.6. The predicted molar refractivity (Wildman–Crippen MR) is 111 cm³/mol. The summed E-state index contributed by atoms with van der Waals surface area (Å²) < 4.78 is 7.32. The summed E-state index contributed by atoms with van der Waals surface area (Å²) in [5.74, 6) is 1.85. The van der Waals surface area contributed by atoms with Gasteiger partial charge in [-0.3, -0.25) is 9.89 Å². The number of aryl methyl sites for hydroxylation is 1. The number of nitrogens with one attached hydrogen (secondary N) is 1. The molecule has 142 valence electrons. The van der Waals surface area contributed by atoms with Gasteiger partial charge in [-0.25, -0.2) is 14.5 Å². The Kier molecular flexibility index (Phi) is 5.36. The minimum atomic E-state index is -0.218. The van der Waals surface area contributed by atoms with Crippen molar-refractivity contribution < 1.29 is 4.74 Å². The van der Waals surface area contributed by atoms with Gasteiger partial charge in [-0.15, -0.1) is 0 Å². The van der Waals surface area contributed by atoms with E-state index >= 15 is 0 Å². The molecule has 28 heavy (non-hydrogen) atoms. The number of thioether (sulfide) groups is 1. The van der Waals surface area contributed by atoms with Crippen molar-refractivity contribution in [3.63, 3.8) is 0 Å². The standard InChI is InChI=1S/C20H17ClN4O2S/c1-13-6-8-14(9-7-13)19-22-17-12-18(26)24-25(17)20(23-19)28-11-10-27-16-5-3-2-4-15(16)21/h2-9,12H,10-11H2,1H3,(H,24,26). The molecule has 0 radical (unpaired) electrons. The Morgan fingerprint density at radius 3 is 2.71 bits per heavy atom. The average Bonchev–Trinajstić information content (AvgIpc) is 3.07. The van der Waals surface area contributed by atoms with Crippen molar-refractivity contribution >= 4 is 29.0 Å². The maximum Gasteiger partial charge on any atom is 0.266 e. The van der Waals surface area contributed by atoms with Crippen LogP contribution in [0.2, 0.25) is 5.02 Å². The highest BCUT2D eigenvalue weighted by molar-refractivity contribution is 7.99. The van der Waals surface area contributed by atoms with Crippen LogP contribution in [-0.4, -0.2) is 31.9 Å². The van der Waals surface area contributed by atoms with E-state index < -0.39 is 0 Å². The van der Waals surface area contributed by atoms with Gasteiger partial charge in [-0.05, 0) is 19.1 Å². The van der Waals surface area contributed by atoms with E-state index in [1.807, 2.05) is 49.4 Å². The Morgan fingerprint density at radius 2 is 1.93 bits per heavy atom. The summed E-state index contributed by atoms with van der Waals surface area (Å²) in [6.07, 6.45) is 0. The van der Waals surface area contributed by atoms with Crippen LogP contribution in [0, 0.1) is 6.92 Å². The Labute approximate surface area is 170 Å². The van der Waals surface area contributed by atoms with Crippen LogP contribution in [0.5, 0.6) is 5.75 Å². The van der Waals surface area contributed by atoms with Crippen LogP contribution in [-0.2, 0) is 0 Å². The lowest BCUT2D eigenvalue weighted by atomic mass is 10.1. The summed E-state index contributed by atoms with van der Waals surface area (Å²) in [5.41, 5.74) is 2.37. The molecular weight excluding hydrogens is 396 g/mol. The molecule has 0 aliphatic heterocycles. The van der Waals surface area contributed by atoms with Crippen LogP contribution < -0.4 is 10.3 Å². The SMILES string of the molecule is Cc1ccc(-c2nc(SCCOc3ccccc3Cl)n3[nH]c(=O)cc3n2)cc1. The third-order valence-corrected chi connectivity index (χ3v) is 5.26. The number of fused-ring (bicyclic) bond motifs is 1. The molecule has 0 spiro atoms. The average molecular weight is 413 g/mol. The smallest absolute Gasteiger partial charge is 0.266 e. The first-order chi connectivity index (χ1) is 13.6. The molecule has 0 unspecified atom stereocenters. The summed E-state index contributed by atoms with van der Waals surface area (Å²) in [7, 11) is 0. The van der Waals surface area contributed by atoms with E-state index in [4.69, 9.17) is 16.3 Å². The van der Waals surface area contributed by atoms with E-state index in [0.29, 0.717) is 39.8 Å². The second-order valence-electron chi connectivity index (χ2n) is 6.14. The Bertz CT molecular complexity index is 1170. The number of hydrogen-bond acceptors (Lipinski definition) is 5. The number of aromatic nitrogens is 4. The molecule has 8 heteroatoms. The van der Waals surface area contributed by atoms with E-state index in [9.17, 15) is 4.79 Å². The monoisotopic (exact) mass is 412 g/mol. The Balaban J connectivity index is 1.56. The minimum absolute atomic E-state index is 0.218. The molecule has 4 aromatic rings. The second-order valence-corrected chi connectivity index (χ2v) is 7.61. The molecule has 0 amide bonds. The quantitative estimate of drug-likeness (QED) is 0.379. The highest BCUT2D eigenvalue weighted by atomic mass is 35.5. The number of H-pyrrole nitrogens is 1. The number of ether oxygens (including phenoxy) is 1. The van der Waals surface area contributed by atoms with E-state index in [2.05, 4.69) is 15.1 Å². The van der Waals surface area contributed by atoms with Gasteiger partial charge in [0.05, 0.1) is 11.6 Å². The molecule has 6 nitrogen and oxygen atoms in total. The highest BCUT2D eigenvalue weighted by Gasteiger charge is 2.11. The zero-order valence-electron chi connectivity index (χ0n) is 15.1. The number of aromatic amines is 1. The van der Waals surface area contributed by atoms with Crippen LogP contribution in [0.4, 0.5) is 0 Å². The largest absolute Gasteiger partial charge is 0.491 e.